The molecular formula is C17H21N7O. The Kier molecular flexibility index (Phi) is 5.33. The molecule has 25 heavy (non-hydrogen) atoms. The van der Waals surface area contributed by atoms with Crippen LogP contribution >= 0.6 is 0 Å². The second-order valence-corrected chi connectivity index (χ2v) is 5.60. The SMILES string of the molecule is CN(C)C(=O)CN=Cc1c(N)nc2cc(C(N)=CC=N)ccc2c1N. The van der Waals surface area contributed by atoms with Crippen LogP contribution in [0.25, 0.3) is 16.6 Å². The van der Waals surface area contributed by atoms with Crippen LogP contribution in [0.15, 0.2) is 29.3 Å². The van der Waals surface area contributed by atoms with Gasteiger partial charge in [0.05, 0.1) is 16.8 Å². The zero-order chi connectivity index (χ0) is 18.6. The summed E-state index contributed by atoms with van der Waals surface area (Å²) < 4.78 is 0. The van der Waals surface area contributed by atoms with Gasteiger partial charge in [-0.1, -0.05) is 12.1 Å². The number of nitrogens with two attached hydrogens (primary N) is 3. The standard InChI is InChI=1S/C17H21N7O/c1-24(2)15(25)9-22-8-12-16(20)11-4-3-10(13(19)5-6-18)7-14(11)23-17(12)21/h3-8,18H,9,19H2,1-2H3,(H4,20,21,23). The zero-order valence-corrected chi connectivity index (χ0v) is 14.2. The van der Waals surface area contributed by atoms with Crippen LogP contribution in [-0.2, 0) is 4.79 Å². The van der Waals surface area contributed by atoms with Crippen LogP contribution < -0.4 is 17.2 Å². The van der Waals surface area contributed by atoms with Gasteiger partial charge in [0.15, 0.2) is 0 Å². The number of fused-ring (bicyclic) bond motifs is 1. The van der Waals surface area contributed by atoms with E-state index in [2.05, 4.69) is 9.98 Å². The number of carbonyl (C=O) groups excluding carboxylic acids is 1. The van der Waals surface area contributed by atoms with Gasteiger partial charge in [0, 0.05) is 37.6 Å². The highest BCUT2D eigenvalue weighted by Gasteiger charge is 2.11. The second kappa shape index (κ2) is 7.43. The number of anilines is 2. The number of pyridine rings is 1. The van der Waals surface area contributed by atoms with Crippen LogP contribution in [0.3, 0.4) is 0 Å². The number of likely N-dealkylation sites (N-methyl/N-ethyl adjacent to an activating group) is 1. The molecule has 0 fully saturated rings. The molecular weight excluding hydrogens is 318 g/mol. The van der Waals surface area contributed by atoms with Gasteiger partial charge in [0.1, 0.15) is 12.4 Å². The highest BCUT2D eigenvalue weighted by molar-refractivity contribution is 6.05. The molecule has 0 aliphatic carbocycles. The summed E-state index contributed by atoms with van der Waals surface area (Å²) >= 11 is 0. The lowest BCUT2D eigenvalue weighted by Gasteiger charge is -2.10. The lowest BCUT2D eigenvalue weighted by molar-refractivity contribution is -0.127. The number of hydrogen-bond donors (Lipinski definition) is 4. The Balaban J connectivity index is 2.43. The molecule has 0 radical (unpaired) electrons. The molecule has 2 aromatic rings. The molecule has 8 heteroatoms. The number of benzene rings is 1. The molecule has 7 N–H and O–H groups in total. The van der Waals surface area contributed by atoms with Gasteiger partial charge in [-0.15, -0.1) is 0 Å². The fourth-order valence-corrected chi connectivity index (χ4v) is 2.18. The van der Waals surface area contributed by atoms with E-state index in [1.54, 1.807) is 32.3 Å². The van der Waals surface area contributed by atoms with Crippen molar-refractivity contribution in [3.8, 4) is 0 Å². The van der Waals surface area contributed by atoms with Crippen molar-refractivity contribution in [1.82, 2.24) is 9.88 Å². The first-order valence-corrected chi connectivity index (χ1v) is 7.50. The van der Waals surface area contributed by atoms with Crippen molar-refractivity contribution in [2.45, 2.75) is 0 Å². The minimum absolute atomic E-state index is 0.00775. The van der Waals surface area contributed by atoms with Crippen LogP contribution in [0.5, 0.6) is 0 Å². The molecule has 0 saturated carbocycles. The predicted octanol–water partition coefficient (Wildman–Crippen LogP) is 0.855. The van der Waals surface area contributed by atoms with E-state index in [4.69, 9.17) is 22.6 Å². The number of hydrogen-bond acceptors (Lipinski definition) is 7. The van der Waals surface area contributed by atoms with E-state index < -0.39 is 0 Å². The Bertz CT molecular complexity index is 884. The number of rotatable bonds is 5. The minimum Gasteiger partial charge on any atom is -0.398 e. The van der Waals surface area contributed by atoms with Crippen molar-refractivity contribution in [1.29, 1.82) is 5.41 Å². The molecule has 0 aliphatic rings. The number of aliphatic imine (C=N–C) groups is 1. The number of nitrogens with zero attached hydrogens (tertiary/aromatic N) is 3. The van der Waals surface area contributed by atoms with Crippen LogP contribution in [0.4, 0.5) is 11.5 Å². The van der Waals surface area contributed by atoms with Gasteiger partial charge in [-0.3, -0.25) is 9.79 Å². The van der Waals surface area contributed by atoms with Crippen LogP contribution in [0, 0.1) is 5.41 Å². The molecule has 0 aliphatic heterocycles. The van der Waals surface area contributed by atoms with Crippen molar-refractivity contribution in [2.75, 3.05) is 32.1 Å². The molecule has 1 amide bonds. The van der Waals surface area contributed by atoms with E-state index in [0.29, 0.717) is 27.9 Å². The third-order valence-electron chi connectivity index (χ3n) is 3.64. The summed E-state index contributed by atoms with van der Waals surface area (Å²) in [6.07, 6.45) is 4.07. The molecule has 0 unspecified atom stereocenters. The number of carbonyl (C=O) groups is 1. The largest absolute Gasteiger partial charge is 0.398 e. The smallest absolute Gasteiger partial charge is 0.243 e. The topological polar surface area (TPSA) is 147 Å². The summed E-state index contributed by atoms with van der Waals surface area (Å²) in [7, 11) is 3.32. The third-order valence-corrected chi connectivity index (χ3v) is 3.64. The van der Waals surface area contributed by atoms with Crippen molar-refractivity contribution < 1.29 is 4.79 Å². The van der Waals surface area contributed by atoms with E-state index >= 15 is 0 Å². The molecule has 130 valence electrons. The van der Waals surface area contributed by atoms with Gasteiger partial charge in [-0.2, -0.15) is 0 Å². The molecule has 1 heterocycles. The first-order valence-electron chi connectivity index (χ1n) is 7.50. The van der Waals surface area contributed by atoms with Crippen LogP contribution in [0.1, 0.15) is 11.1 Å². The van der Waals surface area contributed by atoms with Gasteiger partial charge in [0.2, 0.25) is 5.91 Å². The van der Waals surface area contributed by atoms with Crippen molar-refractivity contribution in [3.63, 3.8) is 0 Å². The Morgan fingerprint density at radius 2 is 2.08 bits per heavy atom. The van der Waals surface area contributed by atoms with Crippen molar-refractivity contribution in [2.24, 2.45) is 10.7 Å². The number of aromatic nitrogens is 1. The molecule has 1 aromatic heterocycles. The lowest BCUT2D eigenvalue weighted by Crippen LogP contribution is -2.24. The number of amides is 1. The van der Waals surface area contributed by atoms with E-state index in [0.717, 1.165) is 11.8 Å². The van der Waals surface area contributed by atoms with Crippen LogP contribution in [0.2, 0.25) is 0 Å². The predicted molar refractivity (Wildman–Crippen MR) is 103 cm³/mol. The Morgan fingerprint density at radius 1 is 1.36 bits per heavy atom. The highest BCUT2D eigenvalue weighted by Crippen LogP contribution is 2.28. The maximum Gasteiger partial charge on any atom is 0.243 e. The van der Waals surface area contributed by atoms with Crippen molar-refractivity contribution in [3.05, 3.63) is 35.4 Å². The quantitative estimate of drug-likeness (QED) is 0.596. The molecule has 0 atom stereocenters. The fraction of sp³-hybridized carbons (Fsp3) is 0.176. The van der Waals surface area contributed by atoms with Gasteiger partial charge in [-0.25, -0.2) is 4.98 Å². The minimum atomic E-state index is -0.125. The summed E-state index contributed by atoms with van der Waals surface area (Å²) in [5, 5.41) is 7.79. The first kappa shape index (κ1) is 17.9. The van der Waals surface area contributed by atoms with E-state index in [-0.39, 0.29) is 18.3 Å². The average Bonchev–Trinajstić information content (AvgIpc) is 2.57. The van der Waals surface area contributed by atoms with Gasteiger partial charge in [0.25, 0.3) is 0 Å². The summed E-state index contributed by atoms with van der Waals surface area (Å²) in [6.45, 7) is 0.00775. The van der Waals surface area contributed by atoms with Gasteiger partial charge >= 0.3 is 0 Å². The van der Waals surface area contributed by atoms with Gasteiger partial charge in [-0.05, 0) is 17.7 Å². The zero-order valence-electron chi connectivity index (χ0n) is 14.2. The monoisotopic (exact) mass is 339 g/mol. The number of allylic oxidation sites excluding steroid dienone is 1. The van der Waals surface area contributed by atoms with E-state index in [1.165, 1.54) is 17.2 Å². The Hall–Kier alpha value is -3.42. The Labute approximate surface area is 145 Å². The molecule has 0 bridgehead atoms. The maximum absolute atomic E-state index is 11.6. The normalized spacial score (nSPS) is 11.8. The molecule has 0 saturated heterocycles. The second-order valence-electron chi connectivity index (χ2n) is 5.60. The molecule has 0 spiro atoms. The summed E-state index contributed by atoms with van der Waals surface area (Å²) in [6, 6.07) is 5.34. The summed E-state index contributed by atoms with van der Waals surface area (Å²) in [5.41, 5.74) is 20.7. The number of nitrogens with one attached hydrogen (secondary N) is 1. The maximum atomic E-state index is 11.6. The molecule has 1 aromatic carbocycles. The average molecular weight is 339 g/mol. The van der Waals surface area contributed by atoms with E-state index in [9.17, 15) is 4.79 Å². The summed E-state index contributed by atoms with van der Waals surface area (Å²) in [5.74, 6) is 0.0954. The summed E-state index contributed by atoms with van der Waals surface area (Å²) in [4.78, 5) is 21.5. The highest BCUT2D eigenvalue weighted by atomic mass is 16.2. The fourth-order valence-electron chi connectivity index (χ4n) is 2.18. The van der Waals surface area contributed by atoms with Crippen LogP contribution in [-0.4, -0.2) is 48.9 Å². The molecule has 2 rings (SSSR count). The number of nitrogen functional groups attached to an aromatic ring is 2. The Morgan fingerprint density at radius 3 is 2.72 bits per heavy atom. The first-order chi connectivity index (χ1) is 11.8. The van der Waals surface area contributed by atoms with E-state index in [1.807, 2.05) is 0 Å². The molecule has 8 nitrogen and oxygen atoms in total. The van der Waals surface area contributed by atoms with Gasteiger partial charge < -0.3 is 27.5 Å². The third kappa shape index (κ3) is 3.92. The van der Waals surface area contributed by atoms with Crippen molar-refractivity contribution >= 4 is 46.4 Å². The lowest BCUT2D eigenvalue weighted by atomic mass is 10.0.